The van der Waals surface area contributed by atoms with Crippen molar-refractivity contribution < 1.29 is 9.90 Å². The largest absolute Gasteiger partial charge is 0.393 e. The van der Waals surface area contributed by atoms with Gasteiger partial charge in [0.15, 0.2) is 0 Å². The molecule has 1 fully saturated rings. The highest BCUT2D eigenvalue weighted by atomic mass is 16.3. The lowest BCUT2D eigenvalue weighted by molar-refractivity contribution is -0.123. The highest BCUT2D eigenvalue weighted by molar-refractivity contribution is 5.77. The first-order chi connectivity index (χ1) is 12.7. The van der Waals surface area contributed by atoms with E-state index in [-0.39, 0.29) is 30.5 Å². The second-order valence-corrected chi connectivity index (χ2v) is 6.84. The lowest BCUT2D eigenvalue weighted by atomic mass is 9.75. The molecule has 4 rings (SSSR count). The second kappa shape index (κ2) is 7.21. The molecule has 1 aromatic carbocycles. The Hall–Kier alpha value is -2.80. The Bertz CT molecular complexity index is 856. The van der Waals surface area contributed by atoms with E-state index in [0.717, 1.165) is 35.9 Å². The molecule has 1 saturated carbocycles. The van der Waals surface area contributed by atoms with E-state index in [1.54, 1.807) is 12.4 Å². The number of carbonyl (C=O) groups excluding carboxylic acids is 1. The molecular formula is C19H21N5O2. The number of fused-ring (bicyclic) bond motifs is 1. The van der Waals surface area contributed by atoms with Gasteiger partial charge in [-0.1, -0.05) is 12.1 Å². The highest BCUT2D eigenvalue weighted by Crippen LogP contribution is 2.31. The number of amides is 1. The number of hydrogen-bond donors (Lipinski definition) is 2. The van der Waals surface area contributed by atoms with Gasteiger partial charge >= 0.3 is 0 Å². The lowest BCUT2D eigenvalue weighted by Gasteiger charge is -2.38. The van der Waals surface area contributed by atoms with E-state index in [2.05, 4.69) is 20.5 Å². The predicted molar refractivity (Wildman–Crippen MR) is 96.1 cm³/mol. The van der Waals surface area contributed by atoms with Crippen LogP contribution in [-0.2, 0) is 17.8 Å². The summed E-state index contributed by atoms with van der Waals surface area (Å²) in [5, 5.41) is 21.4. The van der Waals surface area contributed by atoms with Crippen LogP contribution < -0.4 is 5.32 Å². The predicted octanol–water partition coefficient (Wildman–Crippen LogP) is 1.32. The fourth-order valence-electron chi connectivity index (χ4n) is 3.42. The van der Waals surface area contributed by atoms with Crippen LogP contribution in [0.2, 0.25) is 0 Å². The topological polar surface area (TPSA) is 92.9 Å². The smallest absolute Gasteiger partial charge is 0.243 e. The molecule has 7 nitrogen and oxygen atoms in total. The third kappa shape index (κ3) is 3.72. The minimum Gasteiger partial charge on any atom is -0.393 e. The molecule has 0 bridgehead atoms. The Morgan fingerprint density at radius 2 is 1.81 bits per heavy atom. The first kappa shape index (κ1) is 16.7. The summed E-state index contributed by atoms with van der Waals surface area (Å²) < 4.78 is 0. The Labute approximate surface area is 151 Å². The summed E-state index contributed by atoms with van der Waals surface area (Å²) in [6.45, 7) is 0.0802. The number of nitrogens with one attached hydrogen (secondary N) is 1. The first-order valence-electron chi connectivity index (χ1n) is 8.83. The number of rotatable bonds is 6. The zero-order valence-corrected chi connectivity index (χ0v) is 14.3. The zero-order chi connectivity index (χ0) is 17.9. The monoisotopic (exact) mass is 351 g/mol. The van der Waals surface area contributed by atoms with Crippen molar-refractivity contribution in [3.63, 3.8) is 0 Å². The fraction of sp³-hybridized carbons (Fsp3) is 0.368. The van der Waals surface area contributed by atoms with E-state index in [1.807, 2.05) is 36.4 Å². The number of aliphatic hydroxyl groups is 1. The zero-order valence-electron chi connectivity index (χ0n) is 14.3. The number of hydrogen-bond acceptors (Lipinski definition) is 5. The second-order valence-electron chi connectivity index (χ2n) is 6.84. The van der Waals surface area contributed by atoms with Crippen LogP contribution in [0.4, 0.5) is 0 Å². The molecule has 2 aromatic heterocycles. The standard InChI is InChI=1S/C19H21N5O2/c25-15-10-14(11-15)18(9-13-5-7-20-8-6-13)21-19(26)12-24-22-16-3-1-2-4-17(16)23-24/h1-8,14-15,18,25H,9-12H2,(H,21,26). The van der Waals surface area contributed by atoms with Crippen molar-refractivity contribution in [3.05, 3.63) is 54.4 Å². The van der Waals surface area contributed by atoms with Crippen LogP contribution in [-0.4, -0.2) is 43.1 Å². The molecule has 0 aliphatic heterocycles. The molecule has 1 aliphatic carbocycles. The number of aliphatic hydroxyl groups excluding tert-OH is 1. The normalized spacial score (nSPS) is 20.5. The fourth-order valence-corrected chi connectivity index (χ4v) is 3.42. The van der Waals surface area contributed by atoms with Gasteiger partial charge in [-0.25, -0.2) is 0 Å². The molecule has 26 heavy (non-hydrogen) atoms. The maximum absolute atomic E-state index is 12.5. The van der Waals surface area contributed by atoms with Crippen molar-refractivity contribution in [2.75, 3.05) is 0 Å². The molecule has 2 heterocycles. The molecular weight excluding hydrogens is 330 g/mol. The lowest BCUT2D eigenvalue weighted by Crippen LogP contribution is -2.49. The van der Waals surface area contributed by atoms with Gasteiger partial charge in [0.2, 0.25) is 5.91 Å². The molecule has 1 unspecified atom stereocenters. The molecule has 2 N–H and O–H groups in total. The summed E-state index contributed by atoms with van der Waals surface area (Å²) in [6.07, 6.45) is 5.42. The Morgan fingerprint density at radius 1 is 1.15 bits per heavy atom. The van der Waals surface area contributed by atoms with E-state index in [0.29, 0.717) is 0 Å². The highest BCUT2D eigenvalue weighted by Gasteiger charge is 2.34. The quantitative estimate of drug-likeness (QED) is 0.699. The van der Waals surface area contributed by atoms with Gasteiger partial charge in [0.1, 0.15) is 17.6 Å². The van der Waals surface area contributed by atoms with Gasteiger partial charge in [-0.15, -0.1) is 0 Å². The van der Waals surface area contributed by atoms with Crippen LogP contribution in [0.5, 0.6) is 0 Å². The summed E-state index contributed by atoms with van der Waals surface area (Å²) in [5.74, 6) is 0.164. The van der Waals surface area contributed by atoms with Crippen LogP contribution in [0, 0.1) is 5.92 Å². The van der Waals surface area contributed by atoms with Crippen LogP contribution in [0.1, 0.15) is 18.4 Å². The SMILES string of the molecule is O=C(Cn1nc2ccccc2n1)NC(Cc1ccncc1)C1CC(O)C1. The van der Waals surface area contributed by atoms with Crippen LogP contribution in [0.15, 0.2) is 48.8 Å². The van der Waals surface area contributed by atoms with E-state index in [9.17, 15) is 9.90 Å². The molecule has 1 atom stereocenters. The van der Waals surface area contributed by atoms with Gasteiger partial charge in [-0.2, -0.15) is 15.0 Å². The molecule has 134 valence electrons. The molecule has 0 saturated heterocycles. The van der Waals surface area contributed by atoms with E-state index in [1.165, 1.54) is 4.80 Å². The maximum Gasteiger partial charge on any atom is 0.243 e. The van der Waals surface area contributed by atoms with Crippen molar-refractivity contribution in [2.45, 2.75) is 38.0 Å². The third-order valence-electron chi connectivity index (χ3n) is 4.88. The molecule has 0 radical (unpaired) electrons. The van der Waals surface area contributed by atoms with Gasteiger partial charge in [0.05, 0.1) is 6.10 Å². The summed E-state index contributed by atoms with van der Waals surface area (Å²) in [6, 6.07) is 11.4. The minimum atomic E-state index is -0.255. The minimum absolute atomic E-state index is 0.0155. The number of carbonyl (C=O) groups is 1. The van der Waals surface area contributed by atoms with E-state index < -0.39 is 0 Å². The number of nitrogens with zero attached hydrogens (tertiary/aromatic N) is 4. The van der Waals surface area contributed by atoms with Crippen molar-refractivity contribution in [1.82, 2.24) is 25.3 Å². The third-order valence-corrected chi connectivity index (χ3v) is 4.88. The van der Waals surface area contributed by atoms with Gasteiger partial charge in [-0.3, -0.25) is 9.78 Å². The molecule has 1 amide bonds. The summed E-state index contributed by atoms with van der Waals surface area (Å²) in [7, 11) is 0. The van der Waals surface area contributed by atoms with Crippen LogP contribution >= 0.6 is 0 Å². The van der Waals surface area contributed by atoms with Gasteiger partial charge in [0.25, 0.3) is 0 Å². The van der Waals surface area contributed by atoms with Crippen molar-refractivity contribution in [1.29, 1.82) is 0 Å². The maximum atomic E-state index is 12.5. The molecule has 3 aromatic rings. The van der Waals surface area contributed by atoms with Crippen LogP contribution in [0.25, 0.3) is 11.0 Å². The Balaban J connectivity index is 1.43. The first-order valence-corrected chi connectivity index (χ1v) is 8.83. The Morgan fingerprint density at radius 3 is 2.42 bits per heavy atom. The van der Waals surface area contributed by atoms with Gasteiger partial charge in [0, 0.05) is 18.4 Å². The molecule has 1 aliphatic rings. The van der Waals surface area contributed by atoms with Gasteiger partial charge < -0.3 is 10.4 Å². The van der Waals surface area contributed by atoms with E-state index in [4.69, 9.17) is 0 Å². The van der Waals surface area contributed by atoms with Gasteiger partial charge in [-0.05, 0) is 55.0 Å². The van der Waals surface area contributed by atoms with Crippen LogP contribution in [0.3, 0.4) is 0 Å². The van der Waals surface area contributed by atoms with E-state index >= 15 is 0 Å². The van der Waals surface area contributed by atoms with Crippen molar-refractivity contribution in [3.8, 4) is 0 Å². The summed E-state index contributed by atoms with van der Waals surface area (Å²) in [4.78, 5) is 18.0. The Kier molecular flexibility index (Phi) is 4.62. The number of aromatic nitrogens is 4. The summed E-state index contributed by atoms with van der Waals surface area (Å²) >= 11 is 0. The molecule has 7 heteroatoms. The van der Waals surface area contributed by atoms with Crippen molar-refractivity contribution >= 4 is 16.9 Å². The molecule has 0 spiro atoms. The average Bonchev–Trinajstić information content (AvgIpc) is 3.01. The summed E-state index contributed by atoms with van der Waals surface area (Å²) in [5.41, 5.74) is 2.67. The van der Waals surface area contributed by atoms with Crippen molar-refractivity contribution in [2.24, 2.45) is 5.92 Å². The number of pyridine rings is 1. The number of benzene rings is 1. The average molecular weight is 351 g/mol.